The average molecular weight is 259 g/mol. The predicted molar refractivity (Wildman–Crippen MR) is 77.5 cm³/mol. The first-order valence-electron chi connectivity index (χ1n) is 6.65. The molecule has 2 aromatic rings. The van der Waals surface area contributed by atoms with Crippen molar-refractivity contribution in [1.29, 1.82) is 0 Å². The van der Waals surface area contributed by atoms with Crippen LogP contribution in [0.1, 0.15) is 25.2 Å². The van der Waals surface area contributed by atoms with Crippen molar-refractivity contribution in [3.05, 3.63) is 47.9 Å². The SMILES string of the molecule is Cc1ccoc1CNc1ccccc1OCC(C)C. The molecule has 1 aromatic heterocycles. The number of anilines is 1. The van der Waals surface area contributed by atoms with Gasteiger partial charge in [-0.2, -0.15) is 0 Å². The lowest BCUT2D eigenvalue weighted by Gasteiger charge is -2.14. The second-order valence-corrected chi connectivity index (χ2v) is 5.08. The van der Waals surface area contributed by atoms with Gasteiger partial charge in [0.1, 0.15) is 11.5 Å². The number of furan rings is 1. The van der Waals surface area contributed by atoms with Crippen LogP contribution in [0.2, 0.25) is 0 Å². The maximum absolute atomic E-state index is 5.81. The van der Waals surface area contributed by atoms with Crippen molar-refractivity contribution >= 4 is 5.69 Å². The second kappa shape index (κ2) is 6.32. The smallest absolute Gasteiger partial charge is 0.142 e. The molecule has 3 nitrogen and oxygen atoms in total. The van der Waals surface area contributed by atoms with Gasteiger partial charge in [0.2, 0.25) is 0 Å². The third-order valence-corrected chi connectivity index (χ3v) is 2.87. The van der Waals surface area contributed by atoms with Crippen LogP contribution in [0.25, 0.3) is 0 Å². The van der Waals surface area contributed by atoms with Crippen LogP contribution in [0.3, 0.4) is 0 Å². The maximum atomic E-state index is 5.81. The molecule has 0 spiro atoms. The van der Waals surface area contributed by atoms with E-state index in [4.69, 9.17) is 9.15 Å². The van der Waals surface area contributed by atoms with Gasteiger partial charge in [-0.3, -0.25) is 0 Å². The lowest BCUT2D eigenvalue weighted by molar-refractivity contribution is 0.272. The highest BCUT2D eigenvalue weighted by molar-refractivity contribution is 5.56. The van der Waals surface area contributed by atoms with Crippen LogP contribution in [-0.2, 0) is 6.54 Å². The Morgan fingerprint density at radius 1 is 1.21 bits per heavy atom. The van der Waals surface area contributed by atoms with E-state index in [2.05, 4.69) is 19.2 Å². The predicted octanol–water partition coefficient (Wildman–Crippen LogP) is 4.23. The molecule has 1 heterocycles. The van der Waals surface area contributed by atoms with Gasteiger partial charge >= 0.3 is 0 Å². The summed E-state index contributed by atoms with van der Waals surface area (Å²) < 4.78 is 11.2. The summed E-state index contributed by atoms with van der Waals surface area (Å²) >= 11 is 0. The lowest BCUT2D eigenvalue weighted by Crippen LogP contribution is -2.07. The quantitative estimate of drug-likeness (QED) is 0.842. The van der Waals surface area contributed by atoms with Crippen molar-refractivity contribution in [3.8, 4) is 5.75 Å². The van der Waals surface area contributed by atoms with Gasteiger partial charge in [-0.05, 0) is 36.6 Å². The minimum Gasteiger partial charge on any atom is -0.491 e. The molecule has 0 bridgehead atoms. The van der Waals surface area contributed by atoms with E-state index in [1.807, 2.05) is 37.3 Å². The second-order valence-electron chi connectivity index (χ2n) is 5.08. The van der Waals surface area contributed by atoms with Crippen LogP contribution in [0.4, 0.5) is 5.69 Å². The van der Waals surface area contributed by atoms with E-state index in [1.54, 1.807) is 6.26 Å². The molecule has 1 N–H and O–H groups in total. The highest BCUT2D eigenvalue weighted by atomic mass is 16.5. The molecule has 0 atom stereocenters. The summed E-state index contributed by atoms with van der Waals surface area (Å²) in [6, 6.07) is 9.96. The van der Waals surface area contributed by atoms with Crippen LogP contribution in [0, 0.1) is 12.8 Å². The molecule has 0 aliphatic heterocycles. The Morgan fingerprint density at radius 3 is 2.68 bits per heavy atom. The summed E-state index contributed by atoms with van der Waals surface area (Å²) in [6.07, 6.45) is 1.72. The van der Waals surface area contributed by atoms with Gasteiger partial charge in [0, 0.05) is 0 Å². The first kappa shape index (κ1) is 13.5. The fourth-order valence-corrected chi connectivity index (χ4v) is 1.76. The zero-order valence-corrected chi connectivity index (χ0v) is 11.8. The summed E-state index contributed by atoms with van der Waals surface area (Å²) in [5, 5.41) is 3.36. The van der Waals surface area contributed by atoms with Gasteiger partial charge < -0.3 is 14.5 Å². The number of hydrogen-bond donors (Lipinski definition) is 1. The molecule has 0 unspecified atom stereocenters. The highest BCUT2D eigenvalue weighted by Gasteiger charge is 2.06. The summed E-state index contributed by atoms with van der Waals surface area (Å²) in [6.45, 7) is 7.71. The molecular weight excluding hydrogens is 238 g/mol. The molecule has 102 valence electrons. The number of benzene rings is 1. The normalized spacial score (nSPS) is 10.7. The Bertz CT molecular complexity index is 517. The van der Waals surface area contributed by atoms with Gasteiger partial charge in [0.15, 0.2) is 0 Å². The third-order valence-electron chi connectivity index (χ3n) is 2.87. The Morgan fingerprint density at radius 2 is 2.00 bits per heavy atom. The van der Waals surface area contributed by atoms with Crippen LogP contribution in [-0.4, -0.2) is 6.61 Å². The molecule has 0 radical (unpaired) electrons. The van der Waals surface area contributed by atoms with E-state index in [0.29, 0.717) is 12.5 Å². The van der Waals surface area contributed by atoms with Crippen LogP contribution < -0.4 is 10.1 Å². The Balaban J connectivity index is 2.01. The van der Waals surface area contributed by atoms with Crippen molar-refractivity contribution in [2.45, 2.75) is 27.3 Å². The molecule has 0 fully saturated rings. The van der Waals surface area contributed by atoms with Gasteiger partial charge in [0.05, 0.1) is 25.1 Å². The average Bonchev–Trinajstić information content (AvgIpc) is 2.80. The monoisotopic (exact) mass is 259 g/mol. The highest BCUT2D eigenvalue weighted by Crippen LogP contribution is 2.25. The zero-order valence-electron chi connectivity index (χ0n) is 11.8. The van der Waals surface area contributed by atoms with Crippen LogP contribution in [0.15, 0.2) is 41.0 Å². The number of hydrogen-bond acceptors (Lipinski definition) is 3. The molecule has 0 saturated carbocycles. The van der Waals surface area contributed by atoms with Crippen LogP contribution >= 0.6 is 0 Å². The van der Waals surface area contributed by atoms with Gasteiger partial charge in [-0.15, -0.1) is 0 Å². The van der Waals surface area contributed by atoms with E-state index in [9.17, 15) is 0 Å². The lowest BCUT2D eigenvalue weighted by atomic mass is 10.2. The van der Waals surface area contributed by atoms with Gasteiger partial charge in [-0.25, -0.2) is 0 Å². The first-order chi connectivity index (χ1) is 9.16. The van der Waals surface area contributed by atoms with E-state index in [-0.39, 0.29) is 0 Å². The van der Waals surface area contributed by atoms with E-state index < -0.39 is 0 Å². The molecule has 2 rings (SSSR count). The minimum absolute atomic E-state index is 0.514. The number of ether oxygens (including phenoxy) is 1. The Kier molecular flexibility index (Phi) is 4.50. The number of para-hydroxylation sites is 2. The number of rotatable bonds is 6. The topological polar surface area (TPSA) is 34.4 Å². The zero-order chi connectivity index (χ0) is 13.7. The number of nitrogens with one attached hydrogen (secondary N) is 1. The van der Waals surface area contributed by atoms with Crippen molar-refractivity contribution in [3.63, 3.8) is 0 Å². The molecule has 0 aliphatic carbocycles. The maximum Gasteiger partial charge on any atom is 0.142 e. The van der Waals surface area contributed by atoms with E-state index >= 15 is 0 Å². The molecule has 0 aliphatic rings. The Hall–Kier alpha value is -1.90. The summed E-state index contributed by atoms with van der Waals surface area (Å²) in [5.41, 5.74) is 2.16. The van der Waals surface area contributed by atoms with Crippen molar-refractivity contribution in [1.82, 2.24) is 0 Å². The molecule has 0 amide bonds. The first-order valence-corrected chi connectivity index (χ1v) is 6.65. The summed E-state index contributed by atoms with van der Waals surface area (Å²) in [7, 11) is 0. The fraction of sp³-hybridized carbons (Fsp3) is 0.375. The molecule has 19 heavy (non-hydrogen) atoms. The van der Waals surface area contributed by atoms with Crippen LogP contribution in [0.5, 0.6) is 5.75 Å². The largest absolute Gasteiger partial charge is 0.491 e. The minimum atomic E-state index is 0.514. The number of aryl methyl sites for hydroxylation is 1. The summed E-state index contributed by atoms with van der Waals surface area (Å²) in [5.74, 6) is 2.36. The van der Waals surface area contributed by atoms with E-state index in [0.717, 1.165) is 29.4 Å². The van der Waals surface area contributed by atoms with Crippen molar-refractivity contribution < 1.29 is 9.15 Å². The van der Waals surface area contributed by atoms with Gasteiger partial charge in [-0.1, -0.05) is 26.0 Å². The molecule has 0 saturated heterocycles. The third kappa shape index (κ3) is 3.78. The molecule has 1 aromatic carbocycles. The Labute approximate surface area is 114 Å². The van der Waals surface area contributed by atoms with E-state index in [1.165, 1.54) is 0 Å². The van der Waals surface area contributed by atoms with Gasteiger partial charge in [0.25, 0.3) is 0 Å². The fourth-order valence-electron chi connectivity index (χ4n) is 1.76. The van der Waals surface area contributed by atoms with Crippen molar-refractivity contribution in [2.75, 3.05) is 11.9 Å². The molecular formula is C16H21NO2. The van der Waals surface area contributed by atoms with Crippen molar-refractivity contribution in [2.24, 2.45) is 5.92 Å². The standard InChI is InChI=1S/C16H21NO2/c1-12(2)11-19-15-7-5-4-6-14(15)17-10-16-13(3)8-9-18-16/h4-9,12,17H,10-11H2,1-3H3. The summed E-state index contributed by atoms with van der Waals surface area (Å²) in [4.78, 5) is 0. The molecule has 3 heteroatoms.